The highest BCUT2D eigenvalue weighted by Gasteiger charge is 2.23. The molecule has 140 valence electrons. The number of ether oxygens (including phenoxy) is 1. The predicted octanol–water partition coefficient (Wildman–Crippen LogP) is 4.24. The van der Waals surface area contributed by atoms with Crippen molar-refractivity contribution in [3.8, 4) is 5.75 Å². The number of hydrogen-bond donors (Lipinski definition) is 2. The Kier molecular flexibility index (Phi) is 6.37. The first kappa shape index (κ1) is 19.9. The Morgan fingerprint density at radius 1 is 1.23 bits per heavy atom. The number of benzene rings is 1. The molecule has 2 N–H and O–H groups in total. The average Bonchev–Trinajstić information content (AvgIpc) is 2.95. The molecule has 26 heavy (non-hydrogen) atoms. The average molecular weight is 376 g/mol. The summed E-state index contributed by atoms with van der Waals surface area (Å²) >= 11 is 1.42. The highest BCUT2D eigenvalue weighted by molar-refractivity contribution is 7.14. The topological polar surface area (TPSA) is 88.5 Å². The first-order valence-electron chi connectivity index (χ1n) is 8.41. The highest BCUT2D eigenvalue weighted by Crippen LogP contribution is 2.29. The Hall–Kier alpha value is -2.41. The van der Waals surface area contributed by atoms with Gasteiger partial charge in [-0.3, -0.25) is 9.59 Å². The summed E-state index contributed by atoms with van der Waals surface area (Å²) in [6, 6.07) is 7.00. The molecule has 0 radical (unpaired) electrons. The second-order valence-electron chi connectivity index (χ2n) is 7.01. The van der Waals surface area contributed by atoms with E-state index in [2.05, 4.69) is 31.1 Å². The van der Waals surface area contributed by atoms with Crippen LogP contribution in [0.15, 0.2) is 24.3 Å². The maximum absolute atomic E-state index is 12.5. The number of aliphatic carboxylic acids is 1. The smallest absolute Gasteiger partial charge is 0.303 e. The van der Waals surface area contributed by atoms with Gasteiger partial charge in [-0.15, -0.1) is 11.3 Å². The van der Waals surface area contributed by atoms with E-state index in [1.54, 1.807) is 24.3 Å². The molecule has 1 amide bonds. The molecule has 6 nitrogen and oxygen atoms in total. The van der Waals surface area contributed by atoms with Crippen molar-refractivity contribution in [1.82, 2.24) is 4.98 Å². The van der Waals surface area contributed by atoms with E-state index >= 15 is 0 Å². The lowest BCUT2D eigenvalue weighted by molar-refractivity contribution is -0.137. The minimum absolute atomic E-state index is 0.0822. The van der Waals surface area contributed by atoms with Gasteiger partial charge in [0, 0.05) is 17.5 Å². The summed E-state index contributed by atoms with van der Waals surface area (Å²) in [7, 11) is 0. The third-order valence-electron chi connectivity index (χ3n) is 3.56. The summed E-state index contributed by atoms with van der Waals surface area (Å²) in [6.07, 6.45) is 0.535. The summed E-state index contributed by atoms with van der Waals surface area (Å²) < 4.78 is 5.48. The Morgan fingerprint density at radius 3 is 2.42 bits per heavy atom. The number of nitrogens with zero attached hydrogens (tertiary/aromatic N) is 1. The van der Waals surface area contributed by atoms with Crippen LogP contribution in [0.2, 0.25) is 0 Å². The van der Waals surface area contributed by atoms with Crippen LogP contribution in [-0.4, -0.2) is 28.6 Å². The molecule has 0 saturated heterocycles. The normalized spacial score (nSPS) is 11.2. The number of thiazole rings is 1. The van der Waals surface area contributed by atoms with Gasteiger partial charge in [0.1, 0.15) is 10.6 Å². The first-order chi connectivity index (χ1) is 12.2. The van der Waals surface area contributed by atoms with Gasteiger partial charge in [-0.1, -0.05) is 20.8 Å². The zero-order chi connectivity index (χ0) is 19.3. The van der Waals surface area contributed by atoms with Crippen molar-refractivity contribution in [2.45, 2.75) is 46.0 Å². The van der Waals surface area contributed by atoms with Crippen molar-refractivity contribution in [3.63, 3.8) is 0 Å². The van der Waals surface area contributed by atoms with E-state index in [0.717, 1.165) is 10.7 Å². The molecular formula is C19H24N2O4S. The second kappa shape index (κ2) is 8.31. The molecule has 2 rings (SSSR count). The number of aryl methyl sites for hydroxylation is 1. The van der Waals surface area contributed by atoms with E-state index in [1.807, 2.05) is 6.92 Å². The molecule has 0 unspecified atom stereocenters. The zero-order valence-electron chi connectivity index (χ0n) is 15.5. The first-order valence-corrected chi connectivity index (χ1v) is 9.22. The minimum Gasteiger partial charge on any atom is -0.494 e. The number of nitrogens with one attached hydrogen (secondary N) is 1. The van der Waals surface area contributed by atoms with Gasteiger partial charge in [-0.05, 0) is 37.6 Å². The molecule has 1 aromatic carbocycles. The number of anilines is 1. The van der Waals surface area contributed by atoms with Gasteiger partial charge in [-0.2, -0.15) is 0 Å². The Morgan fingerprint density at radius 2 is 1.88 bits per heavy atom. The third-order valence-corrected chi connectivity index (χ3v) is 5.14. The molecule has 2 aromatic rings. The molecule has 0 spiro atoms. The van der Waals surface area contributed by atoms with E-state index in [4.69, 9.17) is 9.84 Å². The highest BCUT2D eigenvalue weighted by atomic mass is 32.1. The summed E-state index contributed by atoms with van der Waals surface area (Å²) in [5.74, 6) is -0.373. The van der Waals surface area contributed by atoms with Gasteiger partial charge in [0.15, 0.2) is 0 Å². The number of carboxylic acids is 1. The molecule has 0 fully saturated rings. The maximum atomic E-state index is 12.5. The number of aromatic nitrogens is 1. The minimum atomic E-state index is -0.834. The van der Waals surface area contributed by atoms with Crippen molar-refractivity contribution in [2.24, 2.45) is 0 Å². The fourth-order valence-corrected chi connectivity index (χ4v) is 3.18. The van der Waals surface area contributed by atoms with Crippen molar-refractivity contribution in [3.05, 3.63) is 39.8 Å². The van der Waals surface area contributed by atoms with Gasteiger partial charge in [0.05, 0.1) is 17.3 Å². The van der Waals surface area contributed by atoms with E-state index < -0.39 is 5.97 Å². The van der Waals surface area contributed by atoms with Gasteiger partial charge < -0.3 is 15.2 Å². The largest absolute Gasteiger partial charge is 0.494 e. The zero-order valence-corrected chi connectivity index (χ0v) is 16.3. The van der Waals surface area contributed by atoms with E-state index in [0.29, 0.717) is 29.3 Å². The predicted molar refractivity (Wildman–Crippen MR) is 102 cm³/mol. The molecule has 0 bridgehead atoms. The van der Waals surface area contributed by atoms with Crippen LogP contribution < -0.4 is 10.1 Å². The van der Waals surface area contributed by atoms with Crippen LogP contribution in [0, 0.1) is 6.92 Å². The molecule has 0 aliphatic heterocycles. The number of hydrogen-bond acceptors (Lipinski definition) is 5. The van der Waals surface area contributed by atoms with Crippen molar-refractivity contribution >= 4 is 28.9 Å². The van der Waals surface area contributed by atoms with Crippen LogP contribution in [0.5, 0.6) is 5.75 Å². The SMILES string of the molecule is Cc1nc(C(C)(C)C)sc1C(=O)Nc1ccc(OCCCC(=O)O)cc1. The molecule has 0 atom stereocenters. The van der Waals surface area contributed by atoms with Crippen LogP contribution in [0.25, 0.3) is 0 Å². The van der Waals surface area contributed by atoms with Crippen LogP contribution in [0.1, 0.15) is 54.0 Å². The summed E-state index contributed by atoms with van der Waals surface area (Å²) in [5.41, 5.74) is 1.31. The van der Waals surface area contributed by atoms with Crippen LogP contribution in [-0.2, 0) is 10.2 Å². The van der Waals surface area contributed by atoms with Gasteiger partial charge >= 0.3 is 5.97 Å². The van der Waals surface area contributed by atoms with E-state index in [-0.39, 0.29) is 17.7 Å². The third kappa shape index (κ3) is 5.56. The molecule has 1 heterocycles. The molecule has 1 aromatic heterocycles. The quantitative estimate of drug-likeness (QED) is 0.706. The summed E-state index contributed by atoms with van der Waals surface area (Å²) in [5, 5.41) is 12.4. The lowest BCUT2D eigenvalue weighted by Gasteiger charge is -2.13. The molecular weight excluding hydrogens is 352 g/mol. The Labute approximate surface area is 157 Å². The monoisotopic (exact) mass is 376 g/mol. The number of carboxylic acid groups (broad SMARTS) is 1. The molecule has 0 saturated carbocycles. The number of amides is 1. The van der Waals surface area contributed by atoms with Crippen LogP contribution in [0.3, 0.4) is 0 Å². The molecule has 0 aliphatic rings. The summed E-state index contributed by atoms with van der Waals surface area (Å²) in [4.78, 5) is 28.1. The maximum Gasteiger partial charge on any atom is 0.303 e. The lowest BCUT2D eigenvalue weighted by Crippen LogP contribution is -2.11. The number of rotatable bonds is 7. The van der Waals surface area contributed by atoms with Gasteiger partial charge in [0.25, 0.3) is 5.91 Å². The van der Waals surface area contributed by atoms with Crippen molar-refractivity contribution in [2.75, 3.05) is 11.9 Å². The Bertz CT molecular complexity index is 776. The van der Waals surface area contributed by atoms with Crippen LogP contribution in [0.4, 0.5) is 5.69 Å². The second-order valence-corrected chi connectivity index (χ2v) is 8.01. The van der Waals surface area contributed by atoms with Crippen molar-refractivity contribution in [1.29, 1.82) is 0 Å². The lowest BCUT2D eigenvalue weighted by atomic mass is 9.98. The molecule has 7 heteroatoms. The standard InChI is InChI=1S/C19H24N2O4S/c1-12-16(26-18(20-12)19(2,3)4)17(24)21-13-7-9-14(10-8-13)25-11-5-6-15(22)23/h7-10H,5-6,11H2,1-4H3,(H,21,24)(H,22,23). The van der Waals surface area contributed by atoms with Gasteiger partial charge in [-0.25, -0.2) is 4.98 Å². The number of carbonyl (C=O) groups is 2. The van der Waals surface area contributed by atoms with E-state index in [1.165, 1.54) is 11.3 Å². The van der Waals surface area contributed by atoms with E-state index in [9.17, 15) is 9.59 Å². The Balaban J connectivity index is 1.95. The van der Waals surface area contributed by atoms with Crippen LogP contribution >= 0.6 is 11.3 Å². The fourth-order valence-electron chi connectivity index (χ4n) is 2.16. The number of carbonyl (C=O) groups excluding carboxylic acids is 1. The summed E-state index contributed by atoms with van der Waals surface area (Å²) in [6.45, 7) is 8.40. The fraction of sp³-hybridized carbons (Fsp3) is 0.421. The van der Waals surface area contributed by atoms with Crippen molar-refractivity contribution < 1.29 is 19.4 Å². The molecule has 0 aliphatic carbocycles. The van der Waals surface area contributed by atoms with Gasteiger partial charge in [0.2, 0.25) is 0 Å².